The molecule has 0 amide bonds. The van der Waals surface area contributed by atoms with Crippen LogP contribution in [0.1, 0.15) is 17.5 Å². The monoisotopic (exact) mass is 307 g/mol. The number of aliphatic hydroxyl groups is 1. The standard InChI is InChI=1S/C14H17N3O3S/c18-7-3-6-16-11-14(8-15-16)21(19,20)17-9-12-4-1-2-5-13(12)10-17/h1-2,4-5,8,11,18H,3,6-7,9-10H2. The zero-order valence-corrected chi connectivity index (χ0v) is 12.3. The molecule has 0 aliphatic carbocycles. The van der Waals surface area contributed by atoms with Gasteiger partial charge in [0.05, 0.1) is 6.20 Å². The van der Waals surface area contributed by atoms with E-state index in [1.54, 1.807) is 4.68 Å². The fraction of sp³-hybridized carbons (Fsp3) is 0.357. The van der Waals surface area contributed by atoms with Crippen LogP contribution in [0.15, 0.2) is 41.6 Å². The van der Waals surface area contributed by atoms with E-state index >= 15 is 0 Å². The van der Waals surface area contributed by atoms with Crippen molar-refractivity contribution in [2.75, 3.05) is 6.61 Å². The minimum atomic E-state index is -3.52. The molecule has 0 atom stereocenters. The Bertz CT molecular complexity index is 714. The number of aliphatic hydroxyl groups excluding tert-OH is 1. The van der Waals surface area contributed by atoms with E-state index in [2.05, 4.69) is 5.10 Å². The van der Waals surface area contributed by atoms with Gasteiger partial charge in [-0.05, 0) is 17.5 Å². The third-order valence-electron chi connectivity index (χ3n) is 3.60. The van der Waals surface area contributed by atoms with Crippen molar-refractivity contribution in [3.63, 3.8) is 0 Å². The molecule has 1 N–H and O–H groups in total. The summed E-state index contributed by atoms with van der Waals surface area (Å²) in [7, 11) is -3.52. The third-order valence-corrected chi connectivity index (χ3v) is 5.35. The molecule has 0 radical (unpaired) electrons. The Labute approximate surface area is 123 Å². The Morgan fingerprint density at radius 3 is 2.48 bits per heavy atom. The number of fused-ring (bicyclic) bond motifs is 1. The minimum absolute atomic E-state index is 0.0589. The molecule has 1 aliphatic heterocycles. The van der Waals surface area contributed by atoms with Gasteiger partial charge < -0.3 is 5.11 Å². The number of hydrogen-bond donors (Lipinski definition) is 1. The lowest BCUT2D eigenvalue weighted by Crippen LogP contribution is -2.25. The number of aromatic nitrogens is 2. The van der Waals surface area contributed by atoms with E-state index in [1.807, 2.05) is 24.3 Å². The predicted molar refractivity (Wildman–Crippen MR) is 76.8 cm³/mol. The van der Waals surface area contributed by atoms with Crippen molar-refractivity contribution in [2.24, 2.45) is 0 Å². The van der Waals surface area contributed by atoms with Gasteiger partial charge in [-0.1, -0.05) is 24.3 Å². The van der Waals surface area contributed by atoms with Crippen molar-refractivity contribution < 1.29 is 13.5 Å². The maximum absolute atomic E-state index is 12.6. The Morgan fingerprint density at radius 1 is 1.19 bits per heavy atom. The normalized spacial score (nSPS) is 15.3. The molecule has 1 aromatic heterocycles. The molecule has 0 fully saturated rings. The molecule has 112 valence electrons. The quantitative estimate of drug-likeness (QED) is 0.893. The molecule has 1 aliphatic rings. The van der Waals surface area contributed by atoms with Crippen molar-refractivity contribution in [2.45, 2.75) is 31.0 Å². The number of benzene rings is 1. The summed E-state index contributed by atoms with van der Waals surface area (Å²) in [6.45, 7) is 1.37. The van der Waals surface area contributed by atoms with E-state index < -0.39 is 10.0 Å². The zero-order valence-electron chi connectivity index (χ0n) is 11.5. The minimum Gasteiger partial charge on any atom is -0.396 e. The molecule has 1 aromatic carbocycles. The van der Waals surface area contributed by atoms with Crippen LogP contribution in [0.2, 0.25) is 0 Å². The largest absolute Gasteiger partial charge is 0.396 e. The Kier molecular flexibility index (Phi) is 3.79. The van der Waals surface area contributed by atoms with Gasteiger partial charge >= 0.3 is 0 Å². The highest BCUT2D eigenvalue weighted by atomic mass is 32.2. The van der Waals surface area contributed by atoms with Crippen LogP contribution in [0.5, 0.6) is 0 Å². The summed E-state index contributed by atoms with van der Waals surface area (Å²) in [6.07, 6.45) is 3.44. The smallest absolute Gasteiger partial charge is 0.246 e. The number of hydrogen-bond acceptors (Lipinski definition) is 4. The van der Waals surface area contributed by atoms with Gasteiger partial charge in [0.1, 0.15) is 4.90 Å². The summed E-state index contributed by atoms with van der Waals surface area (Å²) in [4.78, 5) is 0.202. The van der Waals surface area contributed by atoms with Crippen LogP contribution in [-0.4, -0.2) is 34.2 Å². The summed E-state index contributed by atoms with van der Waals surface area (Å²) < 4.78 is 28.2. The molecule has 0 spiro atoms. The van der Waals surface area contributed by atoms with Crippen molar-refractivity contribution in [1.29, 1.82) is 0 Å². The van der Waals surface area contributed by atoms with Gasteiger partial charge in [-0.25, -0.2) is 8.42 Å². The van der Waals surface area contributed by atoms with Gasteiger partial charge in [0.25, 0.3) is 0 Å². The highest BCUT2D eigenvalue weighted by molar-refractivity contribution is 7.89. The lowest BCUT2D eigenvalue weighted by atomic mass is 10.1. The van der Waals surface area contributed by atoms with Crippen LogP contribution in [0.4, 0.5) is 0 Å². The number of nitrogens with zero attached hydrogens (tertiary/aromatic N) is 3. The first-order valence-electron chi connectivity index (χ1n) is 6.81. The molecular weight excluding hydrogens is 290 g/mol. The average Bonchev–Trinajstić information content (AvgIpc) is 3.12. The number of sulfonamides is 1. The van der Waals surface area contributed by atoms with E-state index in [-0.39, 0.29) is 11.5 Å². The van der Waals surface area contributed by atoms with Crippen molar-refractivity contribution >= 4 is 10.0 Å². The van der Waals surface area contributed by atoms with Crippen molar-refractivity contribution in [3.8, 4) is 0 Å². The molecular formula is C14H17N3O3S. The van der Waals surface area contributed by atoms with Crippen LogP contribution in [-0.2, 0) is 29.7 Å². The van der Waals surface area contributed by atoms with Gasteiger partial charge in [0.15, 0.2) is 0 Å². The summed E-state index contributed by atoms with van der Waals surface area (Å²) >= 11 is 0. The summed E-state index contributed by atoms with van der Waals surface area (Å²) in [5.41, 5.74) is 2.10. The lowest BCUT2D eigenvalue weighted by molar-refractivity contribution is 0.277. The third kappa shape index (κ3) is 2.72. The van der Waals surface area contributed by atoms with Gasteiger partial charge in [0, 0.05) is 32.4 Å². The number of aryl methyl sites for hydroxylation is 1. The van der Waals surface area contributed by atoms with Crippen LogP contribution in [0, 0.1) is 0 Å². The zero-order chi connectivity index (χ0) is 14.9. The summed E-state index contributed by atoms with van der Waals surface area (Å²) in [5.74, 6) is 0. The molecule has 0 saturated carbocycles. The second kappa shape index (κ2) is 5.59. The maximum atomic E-state index is 12.6. The SMILES string of the molecule is O=S(=O)(c1cnn(CCCO)c1)N1Cc2ccccc2C1. The van der Waals surface area contributed by atoms with Crippen molar-refractivity contribution in [1.82, 2.24) is 14.1 Å². The molecule has 0 saturated heterocycles. The van der Waals surface area contributed by atoms with Gasteiger partial charge in [-0.15, -0.1) is 0 Å². The van der Waals surface area contributed by atoms with Gasteiger partial charge in [-0.2, -0.15) is 9.40 Å². The van der Waals surface area contributed by atoms with Crippen LogP contribution in [0.3, 0.4) is 0 Å². The first-order valence-corrected chi connectivity index (χ1v) is 8.25. The number of rotatable bonds is 5. The molecule has 0 unspecified atom stereocenters. The van der Waals surface area contributed by atoms with Crippen LogP contribution >= 0.6 is 0 Å². The lowest BCUT2D eigenvalue weighted by Gasteiger charge is -2.13. The Hall–Kier alpha value is -1.70. The summed E-state index contributed by atoms with van der Waals surface area (Å²) in [5, 5.41) is 12.8. The molecule has 0 bridgehead atoms. The second-order valence-corrected chi connectivity index (χ2v) is 7.00. The Balaban J connectivity index is 1.80. The molecule has 21 heavy (non-hydrogen) atoms. The fourth-order valence-electron chi connectivity index (χ4n) is 2.45. The fourth-order valence-corrected chi connectivity index (χ4v) is 3.81. The first kappa shape index (κ1) is 14.2. The van der Waals surface area contributed by atoms with E-state index in [9.17, 15) is 8.42 Å². The molecule has 2 heterocycles. The van der Waals surface area contributed by atoms with Gasteiger partial charge in [-0.3, -0.25) is 4.68 Å². The van der Waals surface area contributed by atoms with Crippen LogP contribution < -0.4 is 0 Å². The summed E-state index contributed by atoms with van der Waals surface area (Å²) in [6, 6.07) is 7.74. The van der Waals surface area contributed by atoms with Crippen molar-refractivity contribution in [3.05, 3.63) is 47.8 Å². The predicted octanol–water partition coefficient (Wildman–Crippen LogP) is 0.970. The van der Waals surface area contributed by atoms with E-state index in [0.29, 0.717) is 26.1 Å². The molecule has 6 nitrogen and oxygen atoms in total. The van der Waals surface area contributed by atoms with E-state index in [1.165, 1.54) is 16.7 Å². The maximum Gasteiger partial charge on any atom is 0.246 e. The first-order chi connectivity index (χ1) is 10.1. The topological polar surface area (TPSA) is 75.4 Å². The van der Waals surface area contributed by atoms with Crippen LogP contribution in [0.25, 0.3) is 0 Å². The molecule has 7 heteroatoms. The highest BCUT2D eigenvalue weighted by Crippen LogP contribution is 2.28. The van der Waals surface area contributed by atoms with E-state index in [4.69, 9.17) is 5.11 Å². The van der Waals surface area contributed by atoms with Gasteiger partial charge in [0.2, 0.25) is 10.0 Å². The highest BCUT2D eigenvalue weighted by Gasteiger charge is 2.31. The van der Waals surface area contributed by atoms with E-state index in [0.717, 1.165) is 11.1 Å². The Morgan fingerprint density at radius 2 is 1.86 bits per heavy atom. The second-order valence-electron chi connectivity index (χ2n) is 5.06. The molecule has 2 aromatic rings. The molecule has 3 rings (SSSR count). The average molecular weight is 307 g/mol.